The number of likely N-dealkylation sites (N-methyl/N-ethyl adjacent to an activating group) is 1. The van der Waals surface area contributed by atoms with E-state index in [0.29, 0.717) is 6.04 Å². The average molecular weight is 389 g/mol. The fourth-order valence-electron chi connectivity index (χ4n) is 1.91. The lowest BCUT2D eigenvalue weighted by Crippen LogP contribution is -2.29. The zero-order chi connectivity index (χ0) is 13.0. The van der Waals surface area contributed by atoms with Gasteiger partial charge in [0.15, 0.2) is 0 Å². The molecule has 1 aromatic carbocycles. The Morgan fingerprint density at radius 3 is 2.50 bits per heavy atom. The van der Waals surface area contributed by atoms with E-state index in [1.54, 1.807) is 0 Å². The van der Waals surface area contributed by atoms with Crippen molar-refractivity contribution in [3.63, 3.8) is 0 Å². The van der Waals surface area contributed by atoms with Crippen LogP contribution in [0.15, 0.2) is 44.7 Å². The van der Waals surface area contributed by atoms with Crippen LogP contribution >= 0.6 is 43.2 Å². The zero-order valence-corrected chi connectivity index (χ0v) is 14.1. The summed E-state index contributed by atoms with van der Waals surface area (Å²) in [6.07, 6.45) is 2.10. The van der Waals surface area contributed by atoms with E-state index in [2.05, 4.69) is 73.6 Å². The Bertz CT molecular complexity index is 510. The number of halogens is 2. The van der Waals surface area contributed by atoms with Crippen LogP contribution in [0.3, 0.4) is 0 Å². The average Bonchev–Trinajstić information content (AvgIpc) is 2.76. The lowest BCUT2D eigenvalue weighted by atomic mass is 10.0. The fourth-order valence-corrected chi connectivity index (χ4v) is 3.92. The van der Waals surface area contributed by atoms with Gasteiger partial charge in [-0.05, 0) is 59.6 Å². The molecule has 0 saturated carbocycles. The van der Waals surface area contributed by atoms with Gasteiger partial charge in [-0.15, -0.1) is 11.3 Å². The van der Waals surface area contributed by atoms with Crippen molar-refractivity contribution >= 4 is 43.2 Å². The predicted molar refractivity (Wildman–Crippen MR) is 86.4 cm³/mol. The molecule has 18 heavy (non-hydrogen) atoms. The Morgan fingerprint density at radius 2 is 1.89 bits per heavy atom. The van der Waals surface area contributed by atoms with Crippen molar-refractivity contribution < 1.29 is 0 Å². The molecule has 1 unspecified atom stereocenters. The minimum Gasteiger partial charge on any atom is -0.316 e. The van der Waals surface area contributed by atoms with E-state index in [4.69, 9.17) is 0 Å². The van der Waals surface area contributed by atoms with Gasteiger partial charge >= 0.3 is 0 Å². The monoisotopic (exact) mass is 387 g/mol. The lowest BCUT2D eigenvalue weighted by Gasteiger charge is -2.16. The van der Waals surface area contributed by atoms with Gasteiger partial charge in [0.25, 0.3) is 0 Å². The molecule has 0 aliphatic rings. The van der Waals surface area contributed by atoms with Gasteiger partial charge in [-0.1, -0.05) is 34.1 Å². The molecule has 0 amide bonds. The maximum Gasteiger partial charge on any atom is 0.0701 e. The first-order valence-electron chi connectivity index (χ1n) is 5.84. The van der Waals surface area contributed by atoms with E-state index in [1.165, 1.54) is 18.7 Å². The molecule has 0 aliphatic carbocycles. The maximum atomic E-state index is 3.61. The third-order valence-electron chi connectivity index (χ3n) is 2.91. The molecule has 0 spiro atoms. The molecule has 0 aliphatic heterocycles. The predicted octanol–water partition coefficient (Wildman–Crippen LogP) is 4.65. The Morgan fingerprint density at radius 1 is 1.11 bits per heavy atom. The van der Waals surface area contributed by atoms with Gasteiger partial charge in [-0.3, -0.25) is 0 Å². The normalized spacial score (nSPS) is 12.6. The van der Waals surface area contributed by atoms with Crippen molar-refractivity contribution in [3.8, 4) is 0 Å². The number of rotatable bonds is 5. The SMILES string of the molecule is CNC(Cc1ccc(Br)s1)Cc1ccccc1Br. The highest BCUT2D eigenvalue weighted by molar-refractivity contribution is 9.11. The summed E-state index contributed by atoms with van der Waals surface area (Å²) in [5, 5.41) is 3.41. The first-order chi connectivity index (χ1) is 8.69. The third kappa shape index (κ3) is 3.92. The van der Waals surface area contributed by atoms with Gasteiger partial charge in [-0.2, -0.15) is 0 Å². The quantitative estimate of drug-likeness (QED) is 0.786. The smallest absolute Gasteiger partial charge is 0.0701 e. The number of nitrogens with one attached hydrogen (secondary N) is 1. The molecule has 1 nitrogen and oxygen atoms in total. The van der Waals surface area contributed by atoms with Gasteiger partial charge in [0, 0.05) is 15.4 Å². The minimum absolute atomic E-state index is 0.467. The van der Waals surface area contributed by atoms with Crippen LogP contribution in [0.4, 0.5) is 0 Å². The molecule has 0 radical (unpaired) electrons. The Labute approximate surface area is 129 Å². The number of thiophene rings is 1. The molecular formula is C14H15Br2NS. The van der Waals surface area contributed by atoms with E-state index >= 15 is 0 Å². The van der Waals surface area contributed by atoms with E-state index < -0.39 is 0 Å². The topological polar surface area (TPSA) is 12.0 Å². The van der Waals surface area contributed by atoms with Gasteiger partial charge in [0.2, 0.25) is 0 Å². The molecule has 2 rings (SSSR count). The number of benzene rings is 1. The van der Waals surface area contributed by atoms with E-state index in [-0.39, 0.29) is 0 Å². The first kappa shape index (κ1) is 14.3. The molecule has 0 saturated heterocycles. The molecule has 4 heteroatoms. The Hall–Kier alpha value is -0.160. The molecule has 96 valence electrons. The summed E-state index contributed by atoms with van der Waals surface area (Å²) in [5.41, 5.74) is 1.35. The number of hydrogen-bond donors (Lipinski definition) is 1. The highest BCUT2D eigenvalue weighted by Crippen LogP contribution is 2.24. The van der Waals surface area contributed by atoms with Gasteiger partial charge in [0.1, 0.15) is 0 Å². The van der Waals surface area contributed by atoms with Crippen LogP contribution < -0.4 is 5.32 Å². The second kappa shape index (κ2) is 6.85. The van der Waals surface area contributed by atoms with Crippen LogP contribution in [0.5, 0.6) is 0 Å². The molecule has 0 fully saturated rings. The van der Waals surface area contributed by atoms with Crippen molar-refractivity contribution in [2.24, 2.45) is 0 Å². The molecule has 2 aromatic rings. The van der Waals surface area contributed by atoms with E-state index in [0.717, 1.165) is 12.8 Å². The van der Waals surface area contributed by atoms with Crippen LogP contribution in [0.25, 0.3) is 0 Å². The van der Waals surface area contributed by atoms with Gasteiger partial charge in [0.05, 0.1) is 3.79 Å². The molecule has 1 heterocycles. The van der Waals surface area contributed by atoms with Crippen LogP contribution in [0.2, 0.25) is 0 Å². The van der Waals surface area contributed by atoms with Gasteiger partial charge in [-0.25, -0.2) is 0 Å². The van der Waals surface area contributed by atoms with Crippen molar-refractivity contribution in [1.29, 1.82) is 0 Å². The van der Waals surface area contributed by atoms with E-state index in [1.807, 2.05) is 18.4 Å². The Kier molecular flexibility index (Phi) is 5.42. The summed E-state index contributed by atoms with van der Waals surface area (Å²) in [4.78, 5) is 1.41. The molecule has 1 N–H and O–H groups in total. The van der Waals surface area contributed by atoms with Crippen molar-refractivity contribution in [2.75, 3.05) is 7.05 Å². The summed E-state index contributed by atoms with van der Waals surface area (Å²) in [6, 6.07) is 13.2. The second-order valence-electron chi connectivity index (χ2n) is 4.19. The lowest BCUT2D eigenvalue weighted by molar-refractivity contribution is 0.559. The summed E-state index contributed by atoms with van der Waals surface area (Å²) >= 11 is 8.94. The minimum atomic E-state index is 0.467. The van der Waals surface area contributed by atoms with Crippen LogP contribution in [0.1, 0.15) is 10.4 Å². The second-order valence-corrected chi connectivity index (χ2v) is 7.59. The fraction of sp³-hybridized carbons (Fsp3) is 0.286. The molecular weight excluding hydrogens is 374 g/mol. The van der Waals surface area contributed by atoms with Crippen LogP contribution in [-0.4, -0.2) is 13.1 Å². The number of hydrogen-bond acceptors (Lipinski definition) is 2. The van der Waals surface area contributed by atoms with Gasteiger partial charge < -0.3 is 5.32 Å². The summed E-state index contributed by atoms with van der Waals surface area (Å²) in [6.45, 7) is 0. The highest BCUT2D eigenvalue weighted by atomic mass is 79.9. The molecule has 1 atom stereocenters. The first-order valence-corrected chi connectivity index (χ1v) is 8.24. The van der Waals surface area contributed by atoms with Crippen molar-refractivity contribution in [1.82, 2.24) is 5.32 Å². The molecule has 0 bridgehead atoms. The third-order valence-corrected chi connectivity index (χ3v) is 5.33. The van der Waals surface area contributed by atoms with Crippen molar-refractivity contribution in [3.05, 3.63) is 55.1 Å². The maximum absolute atomic E-state index is 3.61. The summed E-state index contributed by atoms with van der Waals surface area (Å²) in [7, 11) is 2.03. The largest absolute Gasteiger partial charge is 0.316 e. The standard InChI is InChI=1S/C14H15Br2NS/c1-17-11(9-12-6-7-14(16)18-12)8-10-4-2-3-5-13(10)15/h2-7,11,17H,8-9H2,1H3. The van der Waals surface area contributed by atoms with Crippen LogP contribution in [-0.2, 0) is 12.8 Å². The van der Waals surface area contributed by atoms with E-state index in [9.17, 15) is 0 Å². The molecule has 1 aromatic heterocycles. The van der Waals surface area contributed by atoms with Crippen LogP contribution in [0, 0.1) is 0 Å². The van der Waals surface area contributed by atoms with Crippen molar-refractivity contribution in [2.45, 2.75) is 18.9 Å². The summed E-state index contributed by atoms with van der Waals surface area (Å²) < 4.78 is 2.39. The highest BCUT2D eigenvalue weighted by Gasteiger charge is 2.11. The summed E-state index contributed by atoms with van der Waals surface area (Å²) in [5.74, 6) is 0. The zero-order valence-electron chi connectivity index (χ0n) is 10.1. The Balaban J connectivity index is 2.04.